The van der Waals surface area contributed by atoms with Gasteiger partial charge in [0.15, 0.2) is 5.60 Å². The molecule has 0 aromatic carbocycles. The monoisotopic (exact) mass is 406 g/mol. The molecule has 152 valence electrons. The maximum atomic E-state index is 12.6. The molecule has 9 heteroatoms. The van der Waals surface area contributed by atoms with Crippen LogP contribution < -0.4 is 10.9 Å². The van der Waals surface area contributed by atoms with Crippen molar-refractivity contribution in [3.63, 3.8) is 0 Å². The number of hydrogen-bond acceptors (Lipinski definition) is 4. The van der Waals surface area contributed by atoms with E-state index in [0.29, 0.717) is 17.7 Å². The van der Waals surface area contributed by atoms with E-state index in [-0.39, 0.29) is 5.41 Å². The van der Waals surface area contributed by atoms with E-state index >= 15 is 0 Å². The summed E-state index contributed by atoms with van der Waals surface area (Å²) < 4.78 is 37.8. The van der Waals surface area contributed by atoms with Crippen LogP contribution in [0.1, 0.15) is 60.6 Å². The Hall–Kier alpha value is -1.61. The lowest BCUT2D eigenvalue weighted by Crippen LogP contribution is -2.49. The summed E-state index contributed by atoms with van der Waals surface area (Å²) in [6, 6.07) is 1.78. The topological polar surface area (TPSA) is 78.4 Å². The van der Waals surface area contributed by atoms with Gasteiger partial charge in [0.05, 0.1) is 11.3 Å². The second-order valence-corrected chi connectivity index (χ2v) is 9.45. The zero-order chi connectivity index (χ0) is 20.6. The van der Waals surface area contributed by atoms with E-state index < -0.39 is 30.0 Å². The molecular formula is C18H25F3N2O3S. The van der Waals surface area contributed by atoms with Gasteiger partial charge in [-0.25, -0.2) is 0 Å². The molecule has 0 aliphatic heterocycles. The number of fused-ring (bicyclic) bond motifs is 1. The number of alkyl halides is 3. The van der Waals surface area contributed by atoms with Gasteiger partial charge in [-0.15, -0.1) is 11.3 Å². The highest BCUT2D eigenvalue weighted by Crippen LogP contribution is 2.40. The molecule has 0 bridgehead atoms. The molecule has 27 heavy (non-hydrogen) atoms. The van der Waals surface area contributed by atoms with Crippen LogP contribution in [0.15, 0.2) is 6.07 Å². The number of amides is 2. The predicted octanol–water partition coefficient (Wildman–Crippen LogP) is 3.36. The number of thiophene rings is 1. The third kappa shape index (κ3) is 5.22. The van der Waals surface area contributed by atoms with Crippen molar-refractivity contribution in [1.82, 2.24) is 10.9 Å². The van der Waals surface area contributed by atoms with Crippen LogP contribution in [0, 0.1) is 11.3 Å². The van der Waals surface area contributed by atoms with Crippen molar-refractivity contribution in [3.8, 4) is 0 Å². The van der Waals surface area contributed by atoms with E-state index in [1.807, 2.05) is 5.43 Å². The van der Waals surface area contributed by atoms with Crippen LogP contribution in [0.3, 0.4) is 0 Å². The maximum Gasteiger partial charge on any atom is 0.417 e. The highest BCUT2D eigenvalue weighted by Gasteiger charge is 2.51. The van der Waals surface area contributed by atoms with Gasteiger partial charge >= 0.3 is 6.18 Å². The van der Waals surface area contributed by atoms with E-state index in [2.05, 4.69) is 26.2 Å². The number of halogens is 3. The molecule has 0 saturated heterocycles. The van der Waals surface area contributed by atoms with Crippen LogP contribution in [0.25, 0.3) is 0 Å². The third-order valence-electron chi connectivity index (χ3n) is 4.96. The number of aliphatic hydroxyl groups is 1. The lowest BCUT2D eigenvalue weighted by atomic mass is 9.72. The Bertz CT molecular complexity index is 720. The molecule has 1 aromatic heterocycles. The molecule has 0 unspecified atom stereocenters. The predicted molar refractivity (Wildman–Crippen MR) is 96.2 cm³/mol. The summed E-state index contributed by atoms with van der Waals surface area (Å²) in [7, 11) is 0. The first-order valence-corrected chi connectivity index (χ1v) is 9.52. The Labute approximate surface area is 160 Å². The molecular weight excluding hydrogens is 381 g/mol. The molecule has 1 aliphatic carbocycles. The zero-order valence-corrected chi connectivity index (χ0v) is 16.6. The minimum absolute atomic E-state index is 0.172. The molecule has 1 heterocycles. The van der Waals surface area contributed by atoms with Crippen molar-refractivity contribution < 1.29 is 27.9 Å². The summed E-state index contributed by atoms with van der Waals surface area (Å²) in [6.45, 7) is 7.07. The maximum absolute atomic E-state index is 12.6. The molecule has 2 atom stereocenters. The van der Waals surface area contributed by atoms with Gasteiger partial charge in [0.1, 0.15) is 0 Å². The van der Waals surface area contributed by atoms with Crippen LogP contribution in [-0.2, 0) is 17.6 Å². The number of hydrogen-bond donors (Lipinski definition) is 3. The highest BCUT2D eigenvalue weighted by molar-refractivity contribution is 7.14. The first-order chi connectivity index (χ1) is 12.2. The van der Waals surface area contributed by atoms with E-state index in [4.69, 9.17) is 0 Å². The summed E-state index contributed by atoms with van der Waals surface area (Å²) in [4.78, 5) is 25.3. The highest BCUT2D eigenvalue weighted by atomic mass is 32.1. The third-order valence-corrected chi connectivity index (χ3v) is 6.20. The van der Waals surface area contributed by atoms with Crippen LogP contribution in [-0.4, -0.2) is 28.7 Å². The molecule has 2 rings (SSSR count). The normalized spacial score (nSPS) is 19.8. The summed E-state index contributed by atoms with van der Waals surface area (Å²) in [5, 5.41) is 9.31. The van der Waals surface area contributed by atoms with Crippen LogP contribution in [0.2, 0.25) is 0 Å². The Balaban J connectivity index is 1.95. The Morgan fingerprint density at radius 2 is 1.85 bits per heavy atom. The van der Waals surface area contributed by atoms with E-state index in [1.54, 1.807) is 6.07 Å². The molecule has 0 saturated carbocycles. The molecule has 5 nitrogen and oxygen atoms in total. The Kier molecular flexibility index (Phi) is 5.96. The molecule has 3 N–H and O–H groups in total. The SMILES string of the molecule is CC(C)(C)[C@H]1CCc2sc(C(=O)NNC(=O)C[C@](C)(O)C(F)(F)F)cc2C1. The minimum atomic E-state index is -4.94. The van der Waals surface area contributed by atoms with Crippen molar-refractivity contribution in [3.05, 3.63) is 21.4 Å². The summed E-state index contributed by atoms with van der Waals surface area (Å²) in [5.41, 5.74) is 2.17. The van der Waals surface area contributed by atoms with Crippen molar-refractivity contribution >= 4 is 23.2 Å². The fourth-order valence-electron chi connectivity index (χ4n) is 3.02. The fraction of sp³-hybridized carbons (Fsp3) is 0.667. The number of carbonyl (C=O) groups is 2. The standard InChI is InChI=1S/C18H25F3N2O3S/c1-16(2,3)11-5-6-12-10(7-11)8-13(27-12)15(25)23-22-14(24)9-17(4,26)18(19,20)21/h8,11,26H,5-7,9H2,1-4H3,(H,22,24)(H,23,25)/t11-,17-/m0/s1. The van der Waals surface area contributed by atoms with Gasteiger partial charge in [-0.05, 0) is 49.1 Å². The minimum Gasteiger partial charge on any atom is -0.380 e. The van der Waals surface area contributed by atoms with E-state index in [1.165, 1.54) is 11.3 Å². The average molecular weight is 406 g/mol. The summed E-state index contributed by atoms with van der Waals surface area (Å²) in [6.07, 6.45) is -3.34. The lowest BCUT2D eigenvalue weighted by Gasteiger charge is -2.33. The van der Waals surface area contributed by atoms with Gasteiger partial charge in [0.2, 0.25) is 5.91 Å². The average Bonchev–Trinajstić information content (AvgIpc) is 2.93. The fourth-order valence-corrected chi connectivity index (χ4v) is 4.12. The molecule has 1 aromatic rings. The Morgan fingerprint density at radius 3 is 2.41 bits per heavy atom. The van der Waals surface area contributed by atoms with Crippen molar-refractivity contribution in [1.29, 1.82) is 0 Å². The van der Waals surface area contributed by atoms with Gasteiger partial charge in [-0.1, -0.05) is 20.8 Å². The number of hydrazine groups is 1. The van der Waals surface area contributed by atoms with Gasteiger partial charge in [0.25, 0.3) is 5.91 Å². The summed E-state index contributed by atoms with van der Waals surface area (Å²) >= 11 is 1.33. The van der Waals surface area contributed by atoms with Gasteiger partial charge in [-0.3, -0.25) is 20.4 Å². The zero-order valence-electron chi connectivity index (χ0n) is 15.8. The van der Waals surface area contributed by atoms with Gasteiger partial charge in [0, 0.05) is 4.88 Å². The van der Waals surface area contributed by atoms with E-state index in [0.717, 1.165) is 29.7 Å². The largest absolute Gasteiger partial charge is 0.417 e. The Morgan fingerprint density at radius 1 is 1.22 bits per heavy atom. The molecule has 1 aliphatic rings. The van der Waals surface area contributed by atoms with Gasteiger partial charge in [-0.2, -0.15) is 13.2 Å². The lowest BCUT2D eigenvalue weighted by molar-refractivity contribution is -0.253. The summed E-state index contributed by atoms with van der Waals surface area (Å²) in [5.74, 6) is -1.19. The molecule has 0 radical (unpaired) electrons. The molecule has 2 amide bonds. The second kappa shape index (κ2) is 7.43. The quantitative estimate of drug-likeness (QED) is 0.674. The first kappa shape index (κ1) is 21.7. The number of aryl methyl sites for hydroxylation is 1. The number of nitrogens with one attached hydrogen (secondary N) is 2. The van der Waals surface area contributed by atoms with Crippen molar-refractivity contribution in [2.45, 2.75) is 65.2 Å². The number of rotatable bonds is 3. The van der Waals surface area contributed by atoms with Crippen LogP contribution >= 0.6 is 11.3 Å². The van der Waals surface area contributed by atoms with Crippen LogP contribution in [0.4, 0.5) is 13.2 Å². The number of carbonyl (C=O) groups excluding carboxylic acids is 2. The van der Waals surface area contributed by atoms with Crippen molar-refractivity contribution in [2.24, 2.45) is 11.3 Å². The molecule has 0 spiro atoms. The second-order valence-electron chi connectivity index (χ2n) is 8.32. The van der Waals surface area contributed by atoms with Crippen molar-refractivity contribution in [2.75, 3.05) is 0 Å². The molecule has 0 fully saturated rings. The van der Waals surface area contributed by atoms with Crippen LogP contribution in [0.5, 0.6) is 0 Å². The first-order valence-electron chi connectivity index (χ1n) is 8.70. The van der Waals surface area contributed by atoms with Gasteiger partial charge < -0.3 is 5.11 Å². The smallest absolute Gasteiger partial charge is 0.380 e. The van der Waals surface area contributed by atoms with E-state index in [9.17, 15) is 27.9 Å².